The summed E-state index contributed by atoms with van der Waals surface area (Å²) in [6.07, 6.45) is 0. The zero-order valence-electron chi connectivity index (χ0n) is 11.9. The number of carbonyl (C=O) groups is 1. The Morgan fingerprint density at radius 1 is 1.32 bits per heavy atom. The molecule has 1 atom stereocenters. The molecule has 0 aliphatic rings. The van der Waals surface area contributed by atoms with Crippen LogP contribution in [0.2, 0.25) is 0 Å². The predicted molar refractivity (Wildman–Crippen MR) is 72.6 cm³/mol. The van der Waals surface area contributed by atoms with Crippen LogP contribution in [-0.2, 0) is 9.53 Å². The van der Waals surface area contributed by atoms with E-state index < -0.39 is 5.97 Å². The fraction of sp³-hybridized carbons (Fsp3) is 0.500. The Labute approximate surface area is 113 Å². The van der Waals surface area contributed by atoms with E-state index in [4.69, 9.17) is 9.47 Å². The van der Waals surface area contributed by atoms with Crippen LogP contribution in [-0.4, -0.2) is 33.3 Å². The first-order chi connectivity index (χ1) is 9.12. The van der Waals surface area contributed by atoms with Crippen molar-refractivity contribution in [3.8, 4) is 11.5 Å². The lowest BCUT2D eigenvalue weighted by Gasteiger charge is -2.16. The quantitative estimate of drug-likeness (QED) is 0.765. The fourth-order valence-electron chi connectivity index (χ4n) is 1.69. The first kappa shape index (κ1) is 15.3. The van der Waals surface area contributed by atoms with Gasteiger partial charge in [0.05, 0.1) is 14.2 Å². The molecule has 0 fully saturated rings. The van der Waals surface area contributed by atoms with Crippen LogP contribution in [0.15, 0.2) is 18.2 Å². The summed E-state index contributed by atoms with van der Waals surface area (Å²) in [7, 11) is 2.89. The molecule has 0 saturated carbocycles. The zero-order chi connectivity index (χ0) is 14.3. The van der Waals surface area contributed by atoms with Crippen molar-refractivity contribution in [2.24, 2.45) is 0 Å². The van der Waals surface area contributed by atoms with E-state index in [1.54, 1.807) is 13.2 Å². The highest BCUT2D eigenvalue weighted by molar-refractivity contribution is 5.71. The molecule has 0 amide bonds. The Morgan fingerprint density at radius 2 is 2.05 bits per heavy atom. The second kappa shape index (κ2) is 7.63. The van der Waals surface area contributed by atoms with Gasteiger partial charge in [-0.2, -0.15) is 0 Å². The number of carbonyl (C=O) groups excluding carboxylic acids is 1. The summed E-state index contributed by atoms with van der Waals surface area (Å²) < 4.78 is 15.2. The molecule has 1 rings (SSSR count). The minimum absolute atomic E-state index is 0.130. The summed E-state index contributed by atoms with van der Waals surface area (Å²) in [5, 5.41) is 3.32. The van der Waals surface area contributed by atoms with E-state index in [1.165, 1.54) is 7.11 Å². The van der Waals surface area contributed by atoms with Crippen LogP contribution in [0.3, 0.4) is 0 Å². The van der Waals surface area contributed by atoms with Crippen molar-refractivity contribution in [1.29, 1.82) is 0 Å². The number of ether oxygens (including phenoxy) is 3. The minimum Gasteiger partial charge on any atom is -0.493 e. The number of hydrogen-bond acceptors (Lipinski definition) is 5. The van der Waals surface area contributed by atoms with Gasteiger partial charge < -0.3 is 19.5 Å². The van der Waals surface area contributed by atoms with Gasteiger partial charge in [0.1, 0.15) is 0 Å². The molecule has 0 aliphatic heterocycles. The van der Waals surface area contributed by atoms with Gasteiger partial charge in [-0.25, -0.2) is 4.79 Å². The monoisotopic (exact) mass is 267 g/mol. The highest BCUT2D eigenvalue weighted by atomic mass is 16.6. The maximum Gasteiger partial charge on any atom is 0.343 e. The molecule has 5 heteroatoms. The SMILES string of the molecule is CCNC(C)c1ccc(OCC(=O)OC)c(OC)c1. The standard InChI is InChI=1S/C14H21NO4/c1-5-15-10(2)11-6-7-12(13(8-11)17-3)19-9-14(16)18-4/h6-8,10,15H,5,9H2,1-4H3. The van der Waals surface area contributed by atoms with Crippen LogP contribution < -0.4 is 14.8 Å². The summed E-state index contributed by atoms with van der Waals surface area (Å²) in [5.41, 5.74) is 1.10. The van der Waals surface area contributed by atoms with Crippen LogP contribution in [0, 0.1) is 0 Å². The van der Waals surface area contributed by atoms with Gasteiger partial charge in [0.2, 0.25) is 0 Å². The summed E-state index contributed by atoms with van der Waals surface area (Å²) in [6.45, 7) is 4.90. The van der Waals surface area contributed by atoms with Crippen LogP contribution in [0.1, 0.15) is 25.5 Å². The van der Waals surface area contributed by atoms with E-state index in [2.05, 4.69) is 23.9 Å². The molecule has 0 spiro atoms. The maximum absolute atomic E-state index is 11.0. The highest BCUT2D eigenvalue weighted by Crippen LogP contribution is 2.30. The van der Waals surface area contributed by atoms with Crippen molar-refractivity contribution in [3.63, 3.8) is 0 Å². The van der Waals surface area contributed by atoms with Gasteiger partial charge >= 0.3 is 5.97 Å². The Hall–Kier alpha value is -1.75. The van der Waals surface area contributed by atoms with Crippen molar-refractivity contribution >= 4 is 5.97 Å². The molecule has 0 aromatic heterocycles. The van der Waals surface area contributed by atoms with Crippen LogP contribution in [0.4, 0.5) is 0 Å². The lowest BCUT2D eigenvalue weighted by Crippen LogP contribution is -2.18. The highest BCUT2D eigenvalue weighted by Gasteiger charge is 2.11. The van der Waals surface area contributed by atoms with Crippen molar-refractivity contribution in [2.45, 2.75) is 19.9 Å². The van der Waals surface area contributed by atoms with Gasteiger partial charge in [-0.15, -0.1) is 0 Å². The molecule has 1 aromatic rings. The second-order valence-corrected chi connectivity index (χ2v) is 4.05. The molecule has 1 aromatic carbocycles. The number of hydrogen-bond donors (Lipinski definition) is 1. The van der Waals surface area contributed by atoms with Gasteiger partial charge in [-0.05, 0) is 31.2 Å². The Morgan fingerprint density at radius 3 is 2.63 bits per heavy atom. The molecule has 19 heavy (non-hydrogen) atoms. The summed E-state index contributed by atoms with van der Waals surface area (Å²) in [4.78, 5) is 11.0. The number of nitrogens with one attached hydrogen (secondary N) is 1. The molecule has 0 saturated heterocycles. The van der Waals surface area contributed by atoms with E-state index in [1.807, 2.05) is 12.1 Å². The van der Waals surface area contributed by atoms with Gasteiger partial charge in [-0.3, -0.25) is 0 Å². The van der Waals surface area contributed by atoms with E-state index in [9.17, 15) is 4.79 Å². The molecule has 0 bridgehead atoms. The lowest BCUT2D eigenvalue weighted by molar-refractivity contribution is -0.142. The third-order valence-electron chi connectivity index (χ3n) is 2.77. The first-order valence-electron chi connectivity index (χ1n) is 6.23. The molecular formula is C14H21NO4. The molecule has 1 N–H and O–H groups in total. The summed E-state index contributed by atoms with van der Waals surface area (Å²) >= 11 is 0. The number of esters is 1. The Bertz CT molecular complexity index is 420. The summed E-state index contributed by atoms with van der Waals surface area (Å²) in [5.74, 6) is 0.707. The van der Waals surface area contributed by atoms with E-state index in [0.717, 1.165) is 12.1 Å². The molecule has 0 radical (unpaired) electrons. The number of methoxy groups -OCH3 is 2. The molecule has 0 aliphatic carbocycles. The van der Waals surface area contributed by atoms with Crippen LogP contribution >= 0.6 is 0 Å². The second-order valence-electron chi connectivity index (χ2n) is 4.05. The van der Waals surface area contributed by atoms with Gasteiger partial charge in [0.15, 0.2) is 18.1 Å². The minimum atomic E-state index is -0.424. The normalized spacial score (nSPS) is 11.8. The number of rotatable bonds is 7. The molecule has 106 valence electrons. The maximum atomic E-state index is 11.0. The Kier molecular flexibility index (Phi) is 6.15. The Balaban J connectivity index is 2.81. The van der Waals surface area contributed by atoms with E-state index in [0.29, 0.717) is 11.5 Å². The van der Waals surface area contributed by atoms with Crippen molar-refractivity contribution < 1.29 is 19.0 Å². The van der Waals surface area contributed by atoms with Gasteiger partial charge in [0.25, 0.3) is 0 Å². The average molecular weight is 267 g/mol. The number of benzene rings is 1. The first-order valence-corrected chi connectivity index (χ1v) is 6.23. The zero-order valence-corrected chi connectivity index (χ0v) is 11.9. The van der Waals surface area contributed by atoms with Crippen LogP contribution in [0.25, 0.3) is 0 Å². The van der Waals surface area contributed by atoms with Gasteiger partial charge in [0, 0.05) is 6.04 Å². The third kappa shape index (κ3) is 4.44. The lowest BCUT2D eigenvalue weighted by atomic mass is 10.1. The summed E-state index contributed by atoms with van der Waals surface area (Å²) in [6, 6.07) is 5.88. The van der Waals surface area contributed by atoms with Gasteiger partial charge in [-0.1, -0.05) is 13.0 Å². The topological polar surface area (TPSA) is 56.8 Å². The average Bonchev–Trinajstić information content (AvgIpc) is 2.44. The molecular weight excluding hydrogens is 246 g/mol. The predicted octanol–water partition coefficient (Wildman–Crippen LogP) is 1.92. The molecule has 1 unspecified atom stereocenters. The molecule has 5 nitrogen and oxygen atoms in total. The van der Waals surface area contributed by atoms with E-state index >= 15 is 0 Å². The van der Waals surface area contributed by atoms with Crippen molar-refractivity contribution in [2.75, 3.05) is 27.4 Å². The van der Waals surface area contributed by atoms with Crippen LogP contribution in [0.5, 0.6) is 11.5 Å². The molecule has 0 heterocycles. The smallest absolute Gasteiger partial charge is 0.343 e. The van der Waals surface area contributed by atoms with Crippen molar-refractivity contribution in [3.05, 3.63) is 23.8 Å². The third-order valence-corrected chi connectivity index (χ3v) is 2.77. The van der Waals surface area contributed by atoms with E-state index in [-0.39, 0.29) is 12.6 Å². The largest absolute Gasteiger partial charge is 0.493 e. The van der Waals surface area contributed by atoms with Crippen molar-refractivity contribution in [1.82, 2.24) is 5.32 Å². The fourth-order valence-corrected chi connectivity index (χ4v) is 1.69.